The van der Waals surface area contributed by atoms with Crippen LogP contribution in [0.25, 0.3) is 0 Å². The van der Waals surface area contributed by atoms with Crippen molar-refractivity contribution in [2.75, 3.05) is 0 Å². The molecule has 2 aromatic carbocycles. The monoisotopic (exact) mass is 335 g/mol. The topological polar surface area (TPSA) is 67.2 Å². The fourth-order valence-corrected chi connectivity index (χ4v) is 2.37. The molecule has 0 aliphatic rings. The maximum atomic E-state index is 12.5. The van der Waals surface area contributed by atoms with Crippen LogP contribution in [0.3, 0.4) is 0 Å². The smallest absolute Gasteiger partial charge is 0.338 e. The quantitative estimate of drug-likeness (QED) is 0.617. The second-order valence-corrected chi connectivity index (χ2v) is 6.93. The molecule has 0 fully saturated rings. The van der Waals surface area contributed by atoms with E-state index in [2.05, 4.69) is 20.8 Å². The van der Waals surface area contributed by atoms with E-state index in [-0.39, 0.29) is 16.8 Å². The van der Waals surface area contributed by atoms with Gasteiger partial charge in [-0.15, -0.1) is 0 Å². The number of Topliss-reactive ketones (excluding diaryl/α,β-unsaturated/α-hetero) is 1. The molecule has 25 heavy (non-hydrogen) atoms. The number of rotatable bonds is 4. The Balaban J connectivity index is 2.09. The van der Waals surface area contributed by atoms with Crippen LogP contribution in [0.4, 0.5) is 0 Å². The highest BCUT2D eigenvalue weighted by Gasteiger charge is 2.21. The Morgan fingerprint density at radius 1 is 1.04 bits per heavy atom. The standard InChI is InChI=1S/C21H21NO3/c1-14(25-20(24)17-7-5-6-15(12-17)13-22)19(23)16-8-10-18(11-9-16)21(2,3)4/h5-12,14H,1-4H3/t14-/m1/s1. The lowest BCUT2D eigenvalue weighted by molar-refractivity contribution is 0.0319. The first kappa shape index (κ1) is 18.4. The molecule has 0 aliphatic carbocycles. The molecule has 0 bridgehead atoms. The van der Waals surface area contributed by atoms with Gasteiger partial charge in [-0.2, -0.15) is 5.26 Å². The van der Waals surface area contributed by atoms with Crippen molar-refractivity contribution in [3.63, 3.8) is 0 Å². The number of benzene rings is 2. The number of nitriles is 1. The van der Waals surface area contributed by atoms with Crippen molar-refractivity contribution in [3.8, 4) is 6.07 Å². The summed E-state index contributed by atoms with van der Waals surface area (Å²) in [5.41, 5.74) is 2.25. The van der Waals surface area contributed by atoms with Gasteiger partial charge in [0.15, 0.2) is 6.10 Å². The molecule has 0 radical (unpaired) electrons. The zero-order valence-electron chi connectivity index (χ0n) is 14.9. The molecule has 1 atom stereocenters. The molecule has 0 saturated heterocycles. The van der Waals surface area contributed by atoms with E-state index in [9.17, 15) is 9.59 Å². The number of hydrogen-bond acceptors (Lipinski definition) is 4. The average Bonchev–Trinajstić information content (AvgIpc) is 2.60. The lowest BCUT2D eigenvalue weighted by atomic mass is 9.86. The summed E-state index contributed by atoms with van der Waals surface area (Å²) in [4.78, 5) is 24.6. The summed E-state index contributed by atoms with van der Waals surface area (Å²) in [6.45, 7) is 7.85. The summed E-state index contributed by atoms with van der Waals surface area (Å²) in [6.07, 6.45) is -0.904. The molecular formula is C21H21NO3. The molecule has 0 aromatic heterocycles. The third-order valence-electron chi connectivity index (χ3n) is 3.92. The fourth-order valence-electron chi connectivity index (χ4n) is 2.37. The first-order chi connectivity index (χ1) is 11.7. The van der Waals surface area contributed by atoms with Crippen molar-refractivity contribution in [2.45, 2.75) is 39.2 Å². The molecule has 0 aliphatic heterocycles. The van der Waals surface area contributed by atoms with Gasteiger partial charge in [-0.25, -0.2) is 4.79 Å². The van der Waals surface area contributed by atoms with E-state index in [0.29, 0.717) is 11.1 Å². The molecule has 2 rings (SSSR count). The first-order valence-electron chi connectivity index (χ1n) is 8.08. The molecule has 0 spiro atoms. The summed E-state index contributed by atoms with van der Waals surface area (Å²) in [7, 11) is 0. The van der Waals surface area contributed by atoms with Crippen LogP contribution < -0.4 is 0 Å². The summed E-state index contributed by atoms with van der Waals surface area (Å²) in [5, 5.41) is 8.89. The molecule has 128 valence electrons. The zero-order chi connectivity index (χ0) is 18.6. The highest BCUT2D eigenvalue weighted by Crippen LogP contribution is 2.22. The maximum Gasteiger partial charge on any atom is 0.338 e. The number of ether oxygens (including phenoxy) is 1. The van der Waals surface area contributed by atoms with Gasteiger partial charge in [0.1, 0.15) is 0 Å². The van der Waals surface area contributed by atoms with Crippen molar-refractivity contribution in [3.05, 3.63) is 70.8 Å². The SMILES string of the molecule is C[C@@H](OC(=O)c1cccc(C#N)c1)C(=O)c1ccc(C(C)(C)C)cc1. The Morgan fingerprint density at radius 2 is 1.68 bits per heavy atom. The van der Waals surface area contributed by atoms with E-state index in [4.69, 9.17) is 10.00 Å². The second kappa shape index (κ2) is 7.31. The minimum Gasteiger partial charge on any atom is -0.451 e. The molecule has 4 heteroatoms. The van der Waals surface area contributed by atoms with Crippen molar-refractivity contribution < 1.29 is 14.3 Å². The zero-order valence-corrected chi connectivity index (χ0v) is 14.9. The Morgan fingerprint density at radius 3 is 2.24 bits per heavy atom. The molecule has 0 unspecified atom stereocenters. The minimum absolute atomic E-state index is 0.00538. The molecule has 0 heterocycles. The molecule has 2 aromatic rings. The average molecular weight is 335 g/mol. The number of hydrogen-bond donors (Lipinski definition) is 0. The van der Waals surface area contributed by atoms with Gasteiger partial charge in [-0.1, -0.05) is 51.1 Å². The second-order valence-electron chi connectivity index (χ2n) is 6.93. The maximum absolute atomic E-state index is 12.5. The number of carbonyl (C=O) groups is 2. The van der Waals surface area contributed by atoms with Crippen LogP contribution in [0, 0.1) is 11.3 Å². The Kier molecular flexibility index (Phi) is 5.38. The van der Waals surface area contributed by atoms with Gasteiger partial charge < -0.3 is 4.74 Å². The van der Waals surface area contributed by atoms with E-state index in [1.54, 1.807) is 37.3 Å². The lowest BCUT2D eigenvalue weighted by Gasteiger charge is -2.19. The molecule has 4 nitrogen and oxygen atoms in total. The summed E-state index contributed by atoms with van der Waals surface area (Å²) < 4.78 is 5.25. The van der Waals surface area contributed by atoms with Gasteiger partial charge in [0.25, 0.3) is 0 Å². The molecule has 0 saturated carbocycles. The van der Waals surface area contributed by atoms with Crippen LogP contribution >= 0.6 is 0 Å². The predicted octanol–water partition coefficient (Wildman–Crippen LogP) is 4.28. The van der Waals surface area contributed by atoms with Gasteiger partial charge in [0.05, 0.1) is 17.2 Å². The predicted molar refractivity (Wildman–Crippen MR) is 95.5 cm³/mol. The highest BCUT2D eigenvalue weighted by molar-refractivity contribution is 6.01. The van der Waals surface area contributed by atoms with Crippen LogP contribution in [0.1, 0.15) is 59.5 Å². The van der Waals surface area contributed by atoms with Crippen LogP contribution in [0.5, 0.6) is 0 Å². The van der Waals surface area contributed by atoms with Crippen LogP contribution in [0.15, 0.2) is 48.5 Å². The van der Waals surface area contributed by atoms with Gasteiger partial charge in [0, 0.05) is 5.56 Å². The van der Waals surface area contributed by atoms with E-state index in [1.165, 1.54) is 6.07 Å². The third-order valence-corrected chi connectivity index (χ3v) is 3.92. The minimum atomic E-state index is -0.904. The normalized spacial score (nSPS) is 12.1. The Bertz CT molecular complexity index is 823. The lowest BCUT2D eigenvalue weighted by Crippen LogP contribution is -2.24. The van der Waals surface area contributed by atoms with Crippen molar-refractivity contribution in [1.29, 1.82) is 5.26 Å². The summed E-state index contributed by atoms with van der Waals surface area (Å²) in [6, 6.07) is 15.5. The largest absolute Gasteiger partial charge is 0.451 e. The molecular weight excluding hydrogens is 314 g/mol. The van der Waals surface area contributed by atoms with Gasteiger partial charge >= 0.3 is 5.97 Å². The Hall–Kier alpha value is -2.93. The fraction of sp³-hybridized carbons (Fsp3) is 0.286. The number of esters is 1. The van der Waals surface area contributed by atoms with Crippen molar-refractivity contribution >= 4 is 11.8 Å². The van der Waals surface area contributed by atoms with Crippen LogP contribution in [-0.4, -0.2) is 17.9 Å². The van der Waals surface area contributed by atoms with Crippen LogP contribution in [-0.2, 0) is 10.2 Å². The van der Waals surface area contributed by atoms with E-state index < -0.39 is 12.1 Å². The van der Waals surface area contributed by atoms with E-state index >= 15 is 0 Å². The highest BCUT2D eigenvalue weighted by atomic mass is 16.5. The first-order valence-corrected chi connectivity index (χ1v) is 8.08. The number of nitrogens with zero attached hydrogens (tertiary/aromatic N) is 1. The van der Waals surface area contributed by atoms with Crippen LogP contribution in [0.2, 0.25) is 0 Å². The number of ketones is 1. The molecule has 0 N–H and O–H groups in total. The van der Waals surface area contributed by atoms with E-state index in [0.717, 1.165) is 5.56 Å². The Labute approximate surface area is 148 Å². The summed E-state index contributed by atoms with van der Waals surface area (Å²) >= 11 is 0. The summed E-state index contributed by atoms with van der Waals surface area (Å²) in [5.74, 6) is -0.880. The van der Waals surface area contributed by atoms with Gasteiger partial charge in [-0.05, 0) is 36.1 Å². The number of carbonyl (C=O) groups excluding carboxylic acids is 2. The van der Waals surface area contributed by atoms with Crippen molar-refractivity contribution in [1.82, 2.24) is 0 Å². The van der Waals surface area contributed by atoms with Gasteiger partial charge in [-0.3, -0.25) is 4.79 Å². The van der Waals surface area contributed by atoms with Crippen molar-refractivity contribution in [2.24, 2.45) is 0 Å². The third kappa shape index (κ3) is 4.54. The van der Waals surface area contributed by atoms with Gasteiger partial charge in [0.2, 0.25) is 5.78 Å². The molecule has 0 amide bonds. The van der Waals surface area contributed by atoms with E-state index in [1.807, 2.05) is 18.2 Å².